The van der Waals surface area contributed by atoms with E-state index in [-0.39, 0.29) is 13.2 Å². The summed E-state index contributed by atoms with van der Waals surface area (Å²) < 4.78 is 22.6. The highest BCUT2D eigenvalue weighted by atomic mass is 79.9. The lowest BCUT2D eigenvalue weighted by atomic mass is 10.2. The molecule has 0 fully saturated rings. The number of ether oxygens (including phenoxy) is 4. The van der Waals surface area contributed by atoms with Gasteiger partial charge >= 0.3 is 5.97 Å². The highest BCUT2D eigenvalue weighted by molar-refractivity contribution is 9.10. The van der Waals surface area contributed by atoms with E-state index < -0.39 is 5.97 Å². The molecule has 152 valence electrons. The quantitative estimate of drug-likeness (QED) is 0.399. The molecule has 0 saturated heterocycles. The van der Waals surface area contributed by atoms with E-state index in [2.05, 4.69) is 20.9 Å². The van der Waals surface area contributed by atoms with Crippen LogP contribution < -0.4 is 14.2 Å². The average molecular weight is 478 g/mol. The molecule has 0 saturated carbocycles. The number of hydrogen-bond donors (Lipinski definition) is 0. The van der Waals surface area contributed by atoms with Gasteiger partial charge in [0, 0.05) is 9.85 Å². The van der Waals surface area contributed by atoms with Crippen molar-refractivity contribution in [3.63, 3.8) is 0 Å². The Morgan fingerprint density at radius 2 is 1.86 bits per heavy atom. The van der Waals surface area contributed by atoms with Crippen molar-refractivity contribution in [1.29, 1.82) is 0 Å². The summed E-state index contributed by atoms with van der Waals surface area (Å²) >= 11 is 4.92. The maximum Gasteiger partial charge on any atom is 0.344 e. The fourth-order valence-electron chi connectivity index (χ4n) is 2.52. The molecule has 0 unspecified atom stereocenters. The summed E-state index contributed by atoms with van der Waals surface area (Å²) in [4.78, 5) is 16.6. The number of esters is 1. The van der Waals surface area contributed by atoms with Crippen molar-refractivity contribution in [2.45, 2.75) is 13.5 Å². The molecule has 29 heavy (non-hydrogen) atoms. The predicted octanol–water partition coefficient (Wildman–Crippen LogP) is 5.10. The summed E-state index contributed by atoms with van der Waals surface area (Å²) in [5, 5.41) is 2.64. The SMILES string of the molecule is CCOc1ccccc1OCC(=O)OCc1csc(-c2cc(Br)ccc2OC)n1. The van der Waals surface area contributed by atoms with E-state index in [0.717, 1.165) is 20.8 Å². The molecule has 2 aromatic carbocycles. The Morgan fingerprint density at radius 3 is 2.59 bits per heavy atom. The van der Waals surface area contributed by atoms with Crippen LogP contribution in [0.3, 0.4) is 0 Å². The molecule has 3 aromatic rings. The maximum atomic E-state index is 12.0. The van der Waals surface area contributed by atoms with Gasteiger partial charge in [-0.2, -0.15) is 0 Å². The molecule has 6 nitrogen and oxygen atoms in total. The van der Waals surface area contributed by atoms with Crippen molar-refractivity contribution < 1.29 is 23.7 Å². The zero-order valence-corrected chi connectivity index (χ0v) is 18.4. The average Bonchev–Trinajstić information content (AvgIpc) is 3.21. The fraction of sp³-hybridized carbons (Fsp3) is 0.238. The first kappa shape index (κ1) is 21.1. The standard InChI is InChI=1S/C21H20BrNO5S/c1-3-26-18-6-4-5-7-19(18)27-12-20(24)28-11-15-13-29-21(23-15)16-10-14(22)8-9-17(16)25-2/h4-10,13H,3,11-12H2,1-2H3. The van der Waals surface area contributed by atoms with E-state index in [1.54, 1.807) is 19.2 Å². The van der Waals surface area contributed by atoms with Crippen LogP contribution in [-0.4, -0.2) is 31.3 Å². The van der Waals surface area contributed by atoms with E-state index in [9.17, 15) is 4.79 Å². The summed E-state index contributed by atoms with van der Waals surface area (Å²) in [6.07, 6.45) is 0. The molecule has 0 spiro atoms. The van der Waals surface area contributed by atoms with Gasteiger partial charge in [0.15, 0.2) is 18.1 Å². The molecular formula is C21H20BrNO5S. The molecule has 0 bridgehead atoms. The second-order valence-electron chi connectivity index (χ2n) is 5.82. The summed E-state index contributed by atoms with van der Waals surface area (Å²) in [6, 6.07) is 12.9. The third-order valence-corrected chi connectivity index (χ3v) is 5.24. The number of benzene rings is 2. The van der Waals surface area contributed by atoms with Crippen LogP contribution in [0, 0.1) is 0 Å². The molecule has 0 atom stereocenters. The van der Waals surface area contributed by atoms with Gasteiger partial charge in [0.1, 0.15) is 17.4 Å². The topological polar surface area (TPSA) is 66.9 Å². The van der Waals surface area contributed by atoms with Crippen molar-refractivity contribution >= 4 is 33.2 Å². The van der Waals surface area contributed by atoms with Gasteiger partial charge < -0.3 is 18.9 Å². The minimum atomic E-state index is -0.481. The minimum absolute atomic E-state index is 0.0715. The monoisotopic (exact) mass is 477 g/mol. The molecule has 3 rings (SSSR count). The van der Waals surface area contributed by atoms with E-state index in [4.69, 9.17) is 18.9 Å². The number of methoxy groups -OCH3 is 1. The molecule has 0 radical (unpaired) electrons. The van der Waals surface area contributed by atoms with Crippen molar-refractivity contribution in [3.8, 4) is 27.8 Å². The molecular weight excluding hydrogens is 458 g/mol. The number of thiazole rings is 1. The predicted molar refractivity (Wildman–Crippen MR) is 115 cm³/mol. The molecule has 0 aliphatic heterocycles. The Labute approximate surface area is 181 Å². The smallest absolute Gasteiger partial charge is 0.344 e. The Kier molecular flexibility index (Phi) is 7.48. The summed E-state index contributed by atoms with van der Waals surface area (Å²) in [6.45, 7) is 2.26. The van der Waals surface area contributed by atoms with Gasteiger partial charge in [0.05, 0.1) is 25.0 Å². The van der Waals surface area contributed by atoms with Crippen LogP contribution in [0.15, 0.2) is 52.3 Å². The summed E-state index contributed by atoms with van der Waals surface area (Å²) in [5.41, 5.74) is 1.54. The summed E-state index contributed by atoms with van der Waals surface area (Å²) in [5.74, 6) is 1.34. The number of rotatable bonds is 9. The first-order valence-electron chi connectivity index (χ1n) is 8.89. The van der Waals surface area contributed by atoms with Crippen molar-refractivity contribution in [1.82, 2.24) is 4.98 Å². The second kappa shape index (κ2) is 10.3. The van der Waals surface area contributed by atoms with Gasteiger partial charge in [-0.05, 0) is 37.3 Å². The van der Waals surface area contributed by atoms with Gasteiger partial charge in [-0.1, -0.05) is 28.1 Å². The zero-order valence-electron chi connectivity index (χ0n) is 16.0. The van der Waals surface area contributed by atoms with Crippen LogP contribution in [0.4, 0.5) is 0 Å². The van der Waals surface area contributed by atoms with E-state index >= 15 is 0 Å². The largest absolute Gasteiger partial charge is 0.496 e. The first-order valence-corrected chi connectivity index (χ1v) is 10.6. The lowest BCUT2D eigenvalue weighted by Crippen LogP contribution is -2.15. The molecule has 0 aliphatic carbocycles. The van der Waals surface area contributed by atoms with Gasteiger partial charge in [0.2, 0.25) is 0 Å². The molecule has 0 aliphatic rings. The van der Waals surface area contributed by atoms with Crippen LogP contribution in [0.2, 0.25) is 0 Å². The third kappa shape index (κ3) is 5.71. The lowest BCUT2D eigenvalue weighted by Gasteiger charge is -2.11. The van der Waals surface area contributed by atoms with Gasteiger partial charge in [-0.25, -0.2) is 9.78 Å². The third-order valence-electron chi connectivity index (χ3n) is 3.82. The Hall–Kier alpha value is -2.58. The lowest BCUT2D eigenvalue weighted by molar-refractivity contribution is -0.147. The Bertz CT molecular complexity index is 975. The molecule has 1 aromatic heterocycles. The Balaban J connectivity index is 1.56. The van der Waals surface area contributed by atoms with Crippen molar-refractivity contribution in [2.24, 2.45) is 0 Å². The number of halogens is 1. The zero-order chi connectivity index (χ0) is 20.6. The number of hydrogen-bond acceptors (Lipinski definition) is 7. The van der Waals surface area contributed by atoms with Crippen molar-refractivity contribution in [3.05, 3.63) is 58.0 Å². The number of para-hydroxylation sites is 2. The summed E-state index contributed by atoms with van der Waals surface area (Å²) in [7, 11) is 1.62. The van der Waals surface area contributed by atoms with Crippen LogP contribution >= 0.6 is 27.3 Å². The number of aromatic nitrogens is 1. The van der Waals surface area contributed by atoms with E-state index in [0.29, 0.717) is 23.8 Å². The number of nitrogens with zero attached hydrogens (tertiary/aromatic N) is 1. The normalized spacial score (nSPS) is 10.4. The van der Waals surface area contributed by atoms with Gasteiger partial charge in [-0.3, -0.25) is 0 Å². The molecule has 0 amide bonds. The fourth-order valence-corrected chi connectivity index (χ4v) is 3.71. The first-order chi connectivity index (χ1) is 14.1. The minimum Gasteiger partial charge on any atom is -0.496 e. The second-order valence-corrected chi connectivity index (χ2v) is 7.59. The molecule has 0 N–H and O–H groups in total. The van der Waals surface area contributed by atoms with Crippen LogP contribution in [0.25, 0.3) is 10.6 Å². The van der Waals surface area contributed by atoms with Crippen LogP contribution in [0.5, 0.6) is 17.2 Å². The molecule has 8 heteroatoms. The van der Waals surface area contributed by atoms with Gasteiger partial charge in [0.25, 0.3) is 0 Å². The Morgan fingerprint density at radius 1 is 1.10 bits per heavy atom. The highest BCUT2D eigenvalue weighted by Gasteiger charge is 2.13. The van der Waals surface area contributed by atoms with Gasteiger partial charge in [-0.15, -0.1) is 11.3 Å². The maximum absolute atomic E-state index is 12.0. The van der Waals surface area contributed by atoms with E-state index in [1.165, 1.54) is 11.3 Å². The van der Waals surface area contributed by atoms with Crippen molar-refractivity contribution in [2.75, 3.05) is 20.3 Å². The molecule has 1 heterocycles. The van der Waals surface area contributed by atoms with E-state index in [1.807, 2.05) is 42.6 Å². The highest BCUT2D eigenvalue weighted by Crippen LogP contribution is 2.34. The van der Waals surface area contributed by atoms with Crippen LogP contribution in [-0.2, 0) is 16.1 Å². The number of carbonyl (C=O) groups excluding carboxylic acids is 1. The number of carbonyl (C=O) groups is 1. The van der Waals surface area contributed by atoms with Crippen LogP contribution in [0.1, 0.15) is 12.6 Å².